The lowest BCUT2D eigenvalue weighted by atomic mass is 10.2. The van der Waals surface area contributed by atoms with Crippen LogP contribution in [0.4, 0.5) is 0 Å². The lowest BCUT2D eigenvalue weighted by Crippen LogP contribution is -2.44. The third kappa shape index (κ3) is 3.34. The number of Topliss-reactive ketones (excluding diaryl/α,β-unsaturated/α-hetero) is 1. The molecule has 0 heterocycles. The number of hydrogen-bond donors (Lipinski definition) is 2. The summed E-state index contributed by atoms with van der Waals surface area (Å²) in [7, 11) is 0. The summed E-state index contributed by atoms with van der Waals surface area (Å²) >= 11 is 0. The number of aliphatic carboxylic acids is 1. The van der Waals surface area contributed by atoms with Crippen LogP contribution in [0.1, 0.15) is 13.8 Å². The van der Waals surface area contributed by atoms with Crippen molar-refractivity contribution in [1.29, 1.82) is 0 Å². The second-order valence-electron chi connectivity index (χ2n) is 2.08. The van der Waals surface area contributed by atoms with Crippen LogP contribution in [-0.2, 0) is 14.4 Å². The minimum atomic E-state index is -1.41. The SMILES string of the molecule is CC(=O)NC(C(C)=O)C(=O)O. The highest BCUT2D eigenvalue weighted by molar-refractivity contribution is 6.03. The molecule has 0 saturated heterocycles. The van der Waals surface area contributed by atoms with Gasteiger partial charge in [0.05, 0.1) is 0 Å². The van der Waals surface area contributed by atoms with Crippen LogP contribution in [0.2, 0.25) is 0 Å². The number of nitrogens with one attached hydrogen (secondary N) is 1. The molecule has 0 aliphatic rings. The van der Waals surface area contributed by atoms with E-state index >= 15 is 0 Å². The van der Waals surface area contributed by atoms with E-state index in [0.717, 1.165) is 13.8 Å². The molecule has 1 atom stereocenters. The van der Waals surface area contributed by atoms with Gasteiger partial charge in [-0.25, -0.2) is 4.79 Å². The van der Waals surface area contributed by atoms with Gasteiger partial charge in [-0.2, -0.15) is 0 Å². The first-order valence-corrected chi connectivity index (χ1v) is 2.95. The molecule has 0 aliphatic carbocycles. The number of carboxylic acids is 1. The third-order valence-electron chi connectivity index (χ3n) is 1.00. The Morgan fingerprint density at radius 3 is 1.82 bits per heavy atom. The summed E-state index contributed by atoms with van der Waals surface area (Å²) in [4.78, 5) is 31.1. The largest absolute Gasteiger partial charge is 0.479 e. The van der Waals surface area contributed by atoms with Crippen LogP contribution in [0.5, 0.6) is 0 Å². The van der Waals surface area contributed by atoms with Gasteiger partial charge in [-0.1, -0.05) is 0 Å². The molecular weight excluding hydrogens is 150 g/mol. The van der Waals surface area contributed by atoms with Crippen LogP contribution < -0.4 is 5.32 Å². The number of hydrogen-bond acceptors (Lipinski definition) is 3. The molecule has 0 rings (SSSR count). The average Bonchev–Trinajstić information content (AvgIpc) is 1.81. The average molecular weight is 159 g/mol. The van der Waals surface area contributed by atoms with E-state index in [1.807, 2.05) is 5.32 Å². The first-order chi connectivity index (χ1) is 4.95. The molecule has 5 heteroatoms. The fourth-order valence-corrected chi connectivity index (χ4v) is 0.541. The lowest BCUT2D eigenvalue weighted by molar-refractivity contribution is -0.145. The molecule has 62 valence electrons. The molecule has 0 aromatic heterocycles. The van der Waals surface area contributed by atoms with E-state index in [4.69, 9.17) is 5.11 Å². The molecule has 0 saturated carbocycles. The molecule has 11 heavy (non-hydrogen) atoms. The zero-order valence-corrected chi connectivity index (χ0v) is 6.25. The summed E-state index contributed by atoms with van der Waals surface area (Å²) in [6.07, 6.45) is 0. The van der Waals surface area contributed by atoms with Crippen LogP contribution in [0.15, 0.2) is 0 Å². The summed E-state index contributed by atoms with van der Waals surface area (Å²) in [6.45, 7) is 2.26. The summed E-state index contributed by atoms with van der Waals surface area (Å²) in [5.74, 6) is -2.46. The minimum absolute atomic E-state index is 0.535. The normalized spacial score (nSPS) is 11.8. The number of carbonyl (C=O) groups excluding carboxylic acids is 2. The van der Waals surface area contributed by atoms with Crippen molar-refractivity contribution in [3.63, 3.8) is 0 Å². The van der Waals surface area contributed by atoms with Gasteiger partial charge in [0, 0.05) is 6.92 Å². The molecule has 0 bridgehead atoms. The van der Waals surface area contributed by atoms with E-state index in [2.05, 4.69) is 0 Å². The monoisotopic (exact) mass is 159 g/mol. The van der Waals surface area contributed by atoms with Crippen molar-refractivity contribution in [3.05, 3.63) is 0 Å². The molecular formula is C6H9NO4. The standard InChI is InChI=1S/C6H9NO4/c1-3(8)5(6(10)11)7-4(2)9/h5H,1-2H3,(H,7,9)(H,10,11). The first kappa shape index (κ1) is 9.61. The Kier molecular flexibility index (Phi) is 3.23. The van der Waals surface area contributed by atoms with Gasteiger partial charge in [0.25, 0.3) is 0 Å². The Bertz CT molecular complexity index is 185. The molecule has 0 radical (unpaired) electrons. The smallest absolute Gasteiger partial charge is 0.334 e. The predicted molar refractivity (Wildman–Crippen MR) is 35.9 cm³/mol. The predicted octanol–water partition coefficient (Wildman–Crippen LogP) is -0.835. The van der Waals surface area contributed by atoms with Crippen LogP contribution in [0.3, 0.4) is 0 Å². The molecule has 5 nitrogen and oxygen atoms in total. The minimum Gasteiger partial charge on any atom is -0.479 e. The van der Waals surface area contributed by atoms with E-state index in [-0.39, 0.29) is 0 Å². The van der Waals surface area contributed by atoms with Crippen molar-refractivity contribution in [3.8, 4) is 0 Å². The molecule has 0 fully saturated rings. The van der Waals surface area contributed by atoms with Gasteiger partial charge in [-0.15, -0.1) is 0 Å². The number of carboxylic acid groups (broad SMARTS) is 1. The maximum absolute atomic E-state index is 10.5. The topological polar surface area (TPSA) is 83.5 Å². The second-order valence-corrected chi connectivity index (χ2v) is 2.08. The Hall–Kier alpha value is -1.39. The number of amides is 1. The van der Waals surface area contributed by atoms with Crippen molar-refractivity contribution in [2.75, 3.05) is 0 Å². The molecule has 0 aromatic carbocycles. The van der Waals surface area contributed by atoms with Crippen LogP contribution in [0, 0.1) is 0 Å². The van der Waals surface area contributed by atoms with E-state index < -0.39 is 23.7 Å². The van der Waals surface area contributed by atoms with Crippen molar-refractivity contribution in [1.82, 2.24) is 5.32 Å². The Balaban J connectivity index is 4.23. The van der Waals surface area contributed by atoms with Gasteiger partial charge in [-0.3, -0.25) is 9.59 Å². The zero-order valence-electron chi connectivity index (χ0n) is 6.25. The van der Waals surface area contributed by atoms with Crippen molar-refractivity contribution in [2.24, 2.45) is 0 Å². The maximum atomic E-state index is 10.5. The highest BCUT2D eigenvalue weighted by atomic mass is 16.4. The maximum Gasteiger partial charge on any atom is 0.334 e. The Morgan fingerprint density at radius 1 is 1.27 bits per heavy atom. The third-order valence-corrected chi connectivity index (χ3v) is 1.00. The molecule has 0 aliphatic heterocycles. The van der Waals surface area contributed by atoms with E-state index in [0.29, 0.717) is 0 Å². The lowest BCUT2D eigenvalue weighted by Gasteiger charge is -2.07. The Morgan fingerprint density at radius 2 is 1.73 bits per heavy atom. The van der Waals surface area contributed by atoms with Gasteiger partial charge in [0.2, 0.25) is 5.91 Å². The summed E-state index contributed by atoms with van der Waals surface area (Å²) < 4.78 is 0. The van der Waals surface area contributed by atoms with Crippen LogP contribution in [-0.4, -0.2) is 28.8 Å². The molecule has 0 aromatic rings. The van der Waals surface area contributed by atoms with E-state index in [9.17, 15) is 14.4 Å². The van der Waals surface area contributed by atoms with Crippen LogP contribution in [0.25, 0.3) is 0 Å². The van der Waals surface area contributed by atoms with Gasteiger partial charge in [-0.05, 0) is 6.92 Å². The van der Waals surface area contributed by atoms with Gasteiger partial charge < -0.3 is 10.4 Å². The fraction of sp³-hybridized carbons (Fsp3) is 0.500. The van der Waals surface area contributed by atoms with Crippen molar-refractivity contribution in [2.45, 2.75) is 19.9 Å². The molecule has 0 spiro atoms. The number of rotatable bonds is 3. The number of ketones is 1. The second kappa shape index (κ2) is 3.70. The van der Waals surface area contributed by atoms with E-state index in [1.54, 1.807) is 0 Å². The summed E-state index contributed by atoms with van der Waals surface area (Å²) in [5, 5.41) is 10.3. The first-order valence-electron chi connectivity index (χ1n) is 2.95. The Labute approximate surface area is 63.4 Å². The quantitative estimate of drug-likeness (QED) is 0.526. The van der Waals surface area contributed by atoms with Gasteiger partial charge >= 0.3 is 5.97 Å². The van der Waals surface area contributed by atoms with Crippen molar-refractivity contribution < 1.29 is 19.5 Å². The van der Waals surface area contributed by atoms with Gasteiger partial charge in [0.15, 0.2) is 11.8 Å². The molecule has 1 amide bonds. The number of carbonyl (C=O) groups is 3. The zero-order chi connectivity index (χ0) is 9.02. The highest BCUT2D eigenvalue weighted by Crippen LogP contribution is 1.85. The van der Waals surface area contributed by atoms with Gasteiger partial charge in [0.1, 0.15) is 0 Å². The molecule has 2 N–H and O–H groups in total. The summed E-state index contributed by atoms with van der Waals surface area (Å²) in [5.41, 5.74) is 0. The summed E-state index contributed by atoms with van der Waals surface area (Å²) in [6, 6.07) is -1.41. The fourth-order valence-electron chi connectivity index (χ4n) is 0.541. The van der Waals surface area contributed by atoms with Crippen molar-refractivity contribution >= 4 is 17.7 Å². The van der Waals surface area contributed by atoms with E-state index in [1.165, 1.54) is 0 Å². The highest BCUT2D eigenvalue weighted by Gasteiger charge is 2.22. The van der Waals surface area contributed by atoms with Crippen LogP contribution >= 0.6 is 0 Å². The molecule has 1 unspecified atom stereocenters.